The lowest BCUT2D eigenvalue weighted by Gasteiger charge is -2.16. The maximum Gasteiger partial charge on any atom is 0.417 e. The van der Waals surface area contributed by atoms with Gasteiger partial charge in [0.1, 0.15) is 12.3 Å². The summed E-state index contributed by atoms with van der Waals surface area (Å²) in [5.41, 5.74) is -1.68. The van der Waals surface area contributed by atoms with Crippen molar-refractivity contribution in [1.29, 1.82) is 0 Å². The summed E-state index contributed by atoms with van der Waals surface area (Å²) >= 11 is 5.87. The van der Waals surface area contributed by atoms with Crippen molar-refractivity contribution in [2.45, 2.75) is 25.7 Å². The molecule has 1 aromatic carbocycles. The fourth-order valence-corrected chi connectivity index (χ4v) is 2.43. The van der Waals surface area contributed by atoms with Crippen LogP contribution >= 0.6 is 11.6 Å². The van der Waals surface area contributed by atoms with Gasteiger partial charge in [0.25, 0.3) is 11.5 Å². The highest BCUT2D eigenvalue weighted by atomic mass is 35.5. The van der Waals surface area contributed by atoms with Crippen LogP contribution in [-0.2, 0) is 27.0 Å². The van der Waals surface area contributed by atoms with Gasteiger partial charge in [-0.2, -0.15) is 13.2 Å². The zero-order valence-electron chi connectivity index (χ0n) is 15.2. The minimum atomic E-state index is -4.68. The fourth-order valence-electron chi connectivity index (χ4n) is 2.26. The van der Waals surface area contributed by atoms with E-state index in [1.54, 1.807) is 6.07 Å². The van der Waals surface area contributed by atoms with Gasteiger partial charge >= 0.3 is 12.1 Å². The van der Waals surface area contributed by atoms with Crippen molar-refractivity contribution in [3.63, 3.8) is 0 Å². The van der Waals surface area contributed by atoms with Crippen molar-refractivity contribution in [2.75, 3.05) is 12.4 Å². The third kappa shape index (κ3) is 5.98. The van der Waals surface area contributed by atoms with Gasteiger partial charge in [0.15, 0.2) is 6.10 Å². The maximum absolute atomic E-state index is 12.7. The standard InChI is InChI=1S/C18H16ClF3N2O5/c1-10(17(27)23-13-7-12(19)4-5-14(13)28-2)29-16(26)9-24-8-11(18(20,21)22)3-6-15(24)25/h3-8,10H,9H2,1-2H3,(H,23,27)/t10-/m0/s1. The Balaban J connectivity index is 2.05. The van der Waals surface area contributed by atoms with Crippen LogP contribution in [0.4, 0.5) is 18.9 Å². The van der Waals surface area contributed by atoms with Crippen molar-refractivity contribution < 1.29 is 32.2 Å². The quantitative estimate of drug-likeness (QED) is 0.709. The summed E-state index contributed by atoms with van der Waals surface area (Å²) in [7, 11) is 1.38. The predicted molar refractivity (Wildman–Crippen MR) is 97.9 cm³/mol. The minimum Gasteiger partial charge on any atom is -0.495 e. The number of rotatable bonds is 6. The zero-order valence-corrected chi connectivity index (χ0v) is 16.0. The molecular formula is C18H16ClF3N2O5. The molecule has 0 saturated heterocycles. The fraction of sp³-hybridized carbons (Fsp3) is 0.278. The highest BCUT2D eigenvalue weighted by molar-refractivity contribution is 6.31. The van der Waals surface area contributed by atoms with Gasteiger partial charge in [-0.05, 0) is 31.2 Å². The largest absolute Gasteiger partial charge is 0.495 e. The number of halogens is 4. The summed E-state index contributed by atoms with van der Waals surface area (Å²) in [6.07, 6.45) is -5.47. The number of benzene rings is 1. The number of pyridine rings is 1. The average Bonchev–Trinajstić information content (AvgIpc) is 2.62. The van der Waals surface area contributed by atoms with Crippen LogP contribution < -0.4 is 15.6 Å². The van der Waals surface area contributed by atoms with E-state index in [0.717, 1.165) is 0 Å². The van der Waals surface area contributed by atoms with E-state index in [9.17, 15) is 27.6 Å². The van der Waals surface area contributed by atoms with E-state index in [1.807, 2.05) is 0 Å². The Morgan fingerprint density at radius 3 is 2.55 bits per heavy atom. The number of carbonyl (C=O) groups excluding carboxylic acids is 2. The third-order valence-electron chi connectivity index (χ3n) is 3.71. The van der Waals surface area contributed by atoms with E-state index >= 15 is 0 Å². The molecule has 2 rings (SSSR count). The Morgan fingerprint density at radius 1 is 1.24 bits per heavy atom. The zero-order chi connectivity index (χ0) is 21.8. The first-order valence-corrected chi connectivity index (χ1v) is 8.50. The van der Waals surface area contributed by atoms with Gasteiger partial charge in [-0.15, -0.1) is 0 Å². The van der Waals surface area contributed by atoms with Crippen molar-refractivity contribution in [3.8, 4) is 5.75 Å². The summed E-state index contributed by atoms with van der Waals surface area (Å²) in [5, 5.41) is 2.80. The molecule has 0 aliphatic rings. The lowest BCUT2D eigenvalue weighted by atomic mass is 10.2. The Kier molecular flexibility index (Phi) is 6.91. The molecule has 29 heavy (non-hydrogen) atoms. The molecule has 2 aromatic rings. The van der Waals surface area contributed by atoms with Crippen molar-refractivity contribution in [1.82, 2.24) is 4.57 Å². The second kappa shape index (κ2) is 8.99. The van der Waals surface area contributed by atoms with Crippen LogP contribution in [0.2, 0.25) is 5.02 Å². The molecule has 156 valence electrons. The van der Waals surface area contributed by atoms with Crippen LogP contribution in [0.1, 0.15) is 12.5 Å². The van der Waals surface area contributed by atoms with Crippen LogP contribution in [0.3, 0.4) is 0 Å². The molecule has 11 heteroatoms. The Morgan fingerprint density at radius 2 is 1.93 bits per heavy atom. The summed E-state index contributed by atoms with van der Waals surface area (Å²) in [6, 6.07) is 5.80. The highest BCUT2D eigenvalue weighted by Crippen LogP contribution is 2.28. The van der Waals surface area contributed by atoms with Gasteiger partial charge in [-0.1, -0.05) is 11.6 Å². The maximum atomic E-state index is 12.7. The van der Waals surface area contributed by atoms with Crippen LogP contribution in [0.5, 0.6) is 5.75 Å². The number of methoxy groups -OCH3 is 1. The lowest BCUT2D eigenvalue weighted by molar-refractivity contribution is -0.154. The number of hydrogen-bond acceptors (Lipinski definition) is 5. The molecule has 1 atom stereocenters. The van der Waals surface area contributed by atoms with E-state index in [4.69, 9.17) is 21.1 Å². The van der Waals surface area contributed by atoms with E-state index in [0.29, 0.717) is 33.7 Å². The Hall–Kier alpha value is -3.01. The monoisotopic (exact) mass is 432 g/mol. The highest BCUT2D eigenvalue weighted by Gasteiger charge is 2.31. The molecule has 0 saturated carbocycles. The van der Waals surface area contributed by atoms with E-state index in [-0.39, 0.29) is 5.69 Å². The molecule has 1 heterocycles. The molecule has 7 nitrogen and oxygen atoms in total. The van der Waals surface area contributed by atoms with Crippen LogP contribution in [0.25, 0.3) is 0 Å². The van der Waals surface area contributed by atoms with E-state index < -0.39 is 41.8 Å². The molecule has 0 bridgehead atoms. The van der Waals surface area contributed by atoms with Gasteiger partial charge in [-0.25, -0.2) is 0 Å². The molecular weight excluding hydrogens is 417 g/mol. The van der Waals surface area contributed by atoms with Crippen molar-refractivity contribution >= 4 is 29.2 Å². The number of alkyl halides is 3. The molecule has 0 unspecified atom stereocenters. The molecule has 1 amide bonds. The number of ether oxygens (including phenoxy) is 2. The number of carbonyl (C=O) groups is 2. The topological polar surface area (TPSA) is 86.6 Å². The first-order chi connectivity index (χ1) is 13.5. The number of anilines is 1. The molecule has 0 aliphatic carbocycles. The molecule has 1 aromatic heterocycles. The van der Waals surface area contributed by atoms with Gasteiger partial charge in [-0.3, -0.25) is 14.4 Å². The number of nitrogens with zero attached hydrogens (tertiary/aromatic N) is 1. The molecule has 1 N–H and O–H groups in total. The summed E-state index contributed by atoms with van der Waals surface area (Å²) in [6.45, 7) is 0.472. The van der Waals surface area contributed by atoms with Gasteiger partial charge in [0.2, 0.25) is 0 Å². The number of esters is 1. The molecule has 0 spiro atoms. The Bertz CT molecular complexity index is 975. The van der Waals surface area contributed by atoms with Crippen LogP contribution in [0, 0.1) is 0 Å². The number of hydrogen-bond donors (Lipinski definition) is 1. The second-order valence-electron chi connectivity index (χ2n) is 5.85. The normalized spacial score (nSPS) is 12.2. The van der Waals surface area contributed by atoms with Crippen LogP contribution in [-0.4, -0.2) is 29.7 Å². The van der Waals surface area contributed by atoms with Gasteiger partial charge < -0.3 is 19.4 Å². The van der Waals surface area contributed by atoms with Crippen LogP contribution in [0.15, 0.2) is 41.3 Å². The lowest BCUT2D eigenvalue weighted by Crippen LogP contribution is -2.33. The molecule has 0 radical (unpaired) electrons. The average molecular weight is 433 g/mol. The Labute approximate surface area is 168 Å². The van der Waals surface area contributed by atoms with E-state index in [1.165, 1.54) is 26.2 Å². The van der Waals surface area contributed by atoms with Crippen molar-refractivity contribution in [2.24, 2.45) is 0 Å². The first-order valence-electron chi connectivity index (χ1n) is 8.13. The smallest absolute Gasteiger partial charge is 0.417 e. The number of amides is 1. The molecule has 0 aliphatic heterocycles. The summed E-state index contributed by atoms with van der Waals surface area (Å²) in [5.74, 6) is -1.47. The molecule has 0 fully saturated rings. The van der Waals surface area contributed by atoms with E-state index in [2.05, 4.69) is 5.32 Å². The minimum absolute atomic E-state index is 0.238. The first kappa shape index (κ1) is 22.3. The second-order valence-corrected chi connectivity index (χ2v) is 6.28. The number of aromatic nitrogens is 1. The predicted octanol–water partition coefficient (Wildman–Crippen LogP) is 3.10. The number of nitrogens with one attached hydrogen (secondary N) is 1. The summed E-state index contributed by atoms with van der Waals surface area (Å²) in [4.78, 5) is 35.9. The van der Waals surface area contributed by atoms with Crippen molar-refractivity contribution in [3.05, 3.63) is 57.5 Å². The summed E-state index contributed by atoms with van der Waals surface area (Å²) < 4.78 is 48.8. The van der Waals surface area contributed by atoms with Gasteiger partial charge in [0.05, 0.1) is 18.4 Å². The van der Waals surface area contributed by atoms with Gasteiger partial charge in [0, 0.05) is 17.3 Å². The third-order valence-corrected chi connectivity index (χ3v) is 3.94. The SMILES string of the molecule is COc1ccc(Cl)cc1NC(=O)[C@H](C)OC(=O)Cn1cc(C(F)(F)F)ccc1=O.